The van der Waals surface area contributed by atoms with Gasteiger partial charge >= 0.3 is 0 Å². The highest BCUT2D eigenvalue weighted by molar-refractivity contribution is 9.08. The zero-order chi connectivity index (χ0) is 9.80. The van der Waals surface area contributed by atoms with Gasteiger partial charge in [0.15, 0.2) is 5.13 Å². The third kappa shape index (κ3) is 2.46. The van der Waals surface area contributed by atoms with Gasteiger partial charge in [-0.15, -0.1) is 11.3 Å². The van der Waals surface area contributed by atoms with E-state index in [0.29, 0.717) is 0 Å². The molecule has 0 amide bonds. The van der Waals surface area contributed by atoms with Gasteiger partial charge in [-0.05, 0) is 6.42 Å². The Morgan fingerprint density at radius 2 is 2.43 bits per heavy atom. The van der Waals surface area contributed by atoms with E-state index in [4.69, 9.17) is 4.74 Å². The van der Waals surface area contributed by atoms with Gasteiger partial charge in [-0.1, -0.05) is 15.9 Å². The Morgan fingerprint density at radius 1 is 1.50 bits per heavy atom. The number of hydrogen-bond acceptors (Lipinski definition) is 4. The molecule has 2 rings (SSSR count). The van der Waals surface area contributed by atoms with Crippen LogP contribution in [0.3, 0.4) is 0 Å². The van der Waals surface area contributed by atoms with Crippen molar-refractivity contribution < 1.29 is 4.74 Å². The van der Waals surface area contributed by atoms with E-state index in [1.54, 1.807) is 11.3 Å². The molecule has 78 valence electrons. The minimum absolute atomic E-state index is 0.823. The first-order valence-corrected chi connectivity index (χ1v) is 6.73. The van der Waals surface area contributed by atoms with Crippen molar-refractivity contribution in [1.82, 2.24) is 4.98 Å². The number of thiazole rings is 1. The second kappa shape index (κ2) is 5.09. The molecule has 0 aliphatic carbocycles. The van der Waals surface area contributed by atoms with Crippen LogP contribution in [0.5, 0.6) is 0 Å². The van der Waals surface area contributed by atoms with E-state index < -0.39 is 0 Å². The van der Waals surface area contributed by atoms with Crippen molar-refractivity contribution in [3.8, 4) is 0 Å². The molecule has 0 unspecified atom stereocenters. The lowest BCUT2D eigenvalue weighted by Gasteiger charge is -2.17. The van der Waals surface area contributed by atoms with Crippen molar-refractivity contribution in [2.24, 2.45) is 0 Å². The highest BCUT2D eigenvalue weighted by atomic mass is 79.9. The van der Waals surface area contributed by atoms with Crippen molar-refractivity contribution >= 4 is 32.4 Å². The largest absolute Gasteiger partial charge is 0.380 e. The second-order valence-electron chi connectivity index (χ2n) is 3.21. The number of hydrogen-bond donors (Lipinski definition) is 0. The molecule has 5 heteroatoms. The van der Waals surface area contributed by atoms with Gasteiger partial charge in [0.2, 0.25) is 0 Å². The van der Waals surface area contributed by atoms with Gasteiger partial charge in [0.05, 0.1) is 12.3 Å². The van der Waals surface area contributed by atoms with E-state index >= 15 is 0 Å². The minimum atomic E-state index is 0.823. The highest BCUT2D eigenvalue weighted by Gasteiger charge is 2.12. The summed E-state index contributed by atoms with van der Waals surface area (Å²) < 4.78 is 5.41. The molecule has 0 spiro atoms. The summed E-state index contributed by atoms with van der Waals surface area (Å²) in [5.74, 6) is 0. The summed E-state index contributed by atoms with van der Waals surface area (Å²) in [6, 6.07) is 0. The van der Waals surface area contributed by atoms with Crippen LogP contribution in [0, 0.1) is 0 Å². The molecule has 3 nitrogen and oxygen atoms in total. The average molecular weight is 277 g/mol. The molecule has 14 heavy (non-hydrogen) atoms. The Balaban J connectivity index is 2.04. The predicted molar refractivity (Wildman–Crippen MR) is 62.4 cm³/mol. The summed E-state index contributed by atoms with van der Waals surface area (Å²) in [6.45, 7) is 3.74. The van der Waals surface area contributed by atoms with Gasteiger partial charge < -0.3 is 9.64 Å². The molecule has 0 N–H and O–H groups in total. The first-order valence-electron chi connectivity index (χ1n) is 4.73. The van der Waals surface area contributed by atoms with Crippen molar-refractivity contribution in [3.05, 3.63) is 11.1 Å². The van der Waals surface area contributed by atoms with Gasteiger partial charge in [-0.3, -0.25) is 0 Å². The highest BCUT2D eigenvalue weighted by Crippen LogP contribution is 2.22. The van der Waals surface area contributed by atoms with Crippen LogP contribution in [0.15, 0.2) is 5.38 Å². The standard InChI is InChI=1S/C9H13BrN2OS/c10-6-8-7-14-9(11-8)12-2-1-4-13-5-3-12/h7H,1-6H2. The maximum Gasteiger partial charge on any atom is 0.185 e. The number of rotatable bonds is 2. The Labute approximate surface area is 96.2 Å². The topological polar surface area (TPSA) is 25.4 Å². The molecule has 1 fully saturated rings. The van der Waals surface area contributed by atoms with Crippen LogP contribution in [0.2, 0.25) is 0 Å². The summed E-state index contributed by atoms with van der Waals surface area (Å²) in [5.41, 5.74) is 1.12. The lowest BCUT2D eigenvalue weighted by Crippen LogP contribution is -2.25. The lowest BCUT2D eigenvalue weighted by atomic mass is 10.4. The van der Waals surface area contributed by atoms with Crippen LogP contribution in [0.4, 0.5) is 5.13 Å². The van der Waals surface area contributed by atoms with Gasteiger partial charge in [0, 0.05) is 30.4 Å². The molecular weight excluding hydrogens is 264 g/mol. The molecule has 1 aliphatic heterocycles. The number of anilines is 1. The van der Waals surface area contributed by atoms with Gasteiger partial charge in [0.25, 0.3) is 0 Å². The normalized spacial score (nSPS) is 18.2. The van der Waals surface area contributed by atoms with E-state index in [1.807, 2.05) is 0 Å². The molecule has 0 saturated carbocycles. The SMILES string of the molecule is BrCc1csc(N2CCCOCC2)n1. The molecule has 1 aromatic rings. The molecule has 0 bridgehead atoms. The third-order valence-electron chi connectivity index (χ3n) is 2.17. The summed E-state index contributed by atoms with van der Waals surface area (Å²) >= 11 is 5.13. The molecule has 1 aliphatic rings. The molecule has 0 atom stereocenters. The van der Waals surface area contributed by atoms with E-state index in [9.17, 15) is 0 Å². The summed E-state index contributed by atoms with van der Waals surface area (Å²) in [5, 5.41) is 4.08. The van der Waals surface area contributed by atoms with E-state index in [2.05, 4.69) is 31.2 Å². The second-order valence-corrected chi connectivity index (χ2v) is 4.61. The van der Waals surface area contributed by atoms with Gasteiger partial charge in [0.1, 0.15) is 0 Å². The smallest absolute Gasteiger partial charge is 0.185 e. The Morgan fingerprint density at radius 3 is 3.21 bits per heavy atom. The first kappa shape index (κ1) is 10.4. The average Bonchev–Trinajstić information content (AvgIpc) is 2.53. The lowest BCUT2D eigenvalue weighted by molar-refractivity contribution is 0.152. The summed E-state index contributed by atoms with van der Waals surface area (Å²) in [4.78, 5) is 6.85. The van der Waals surface area contributed by atoms with Crippen molar-refractivity contribution in [3.63, 3.8) is 0 Å². The van der Waals surface area contributed by atoms with Gasteiger partial charge in [-0.25, -0.2) is 4.98 Å². The Bertz CT molecular complexity index is 284. The zero-order valence-electron chi connectivity index (χ0n) is 7.91. The first-order chi connectivity index (χ1) is 6.90. The molecule has 2 heterocycles. The number of ether oxygens (including phenoxy) is 1. The van der Waals surface area contributed by atoms with E-state index in [0.717, 1.165) is 48.9 Å². The maximum absolute atomic E-state index is 5.41. The summed E-state index contributed by atoms with van der Waals surface area (Å²) in [6.07, 6.45) is 1.10. The molecule has 1 saturated heterocycles. The van der Waals surface area contributed by atoms with E-state index in [1.165, 1.54) is 0 Å². The minimum Gasteiger partial charge on any atom is -0.380 e. The quantitative estimate of drug-likeness (QED) is 0.775. The van der Waals surface area contributed by atoms with Crippen LogP contribution in [-0.2, 0) is 10.1 Å². The molecule has 0 radical (unpaired) electrons. The van der Waals surface area contributed by atoms with E-state index in [-0.39, 0.29) is 0 Å². The molecule has 1 aromatic heterocycles. The fourth-order valence-electron chi connectivity index (χ4n) is 1.44. The van der Waals surface area contributed by atoms with Crippen molar-refractivity contribution in [2.45, 2.75) is 11.8 Å². The Hall–Kier alpha value is -0.130. The maximum atomic E-state index is 5.41. The summed E-state index contributed by atoms with van der Waals surface area (Å²) in [7, 11) is 0. The van der Waals surface area contributed by atoms with Crippen molar-refractivity contribution in [2.75, 3.05) is 31.2 Å². The fourth-order valence-corrected chi connectivity index (χ4v) is 2.82. The third-order valence-corrected chi connectivity index (χ3v) is 3.69. The number of aromatic nitrogens is 1. The van der Waals surface area contributed by atoms with Crippen LogP contribution in [0.25, 0.3) is 0 Å². The monoisotopic (exact) mass is 276 g/mol. The van der Waals surface area contributed by atoms with Crippen molar-refractivity contribution in [1.29, 1.82) is 0 Å². The van der Waals surface area contributed by atoms with Crippen LogP contribution >= 0.6 is 27.3 Å². The molecule has 0 aromatic carbocycles. The predicted octanol–water partition coefficient (Wildman–Crippen LogP) is 2.26. The number of halogens is 1. The van der Waals surface area contributed by atoms with Crippen LogP contribution < -0.4 is 4.90 Å². The van der Waals surface area contributed by atoms with Gasteiger partial charge in [-0.2, -0.15) is 0 Å². The van der Waals surface area contributed by atoms with Crippen LogP contribution in [-0.4, -0.2) is 31.3 Å². The zero-order valence-corrected chi connectivity index (χ0v) is 10.3. The van der Waals surface area contributed by atoms with Crippen LogP contribution in [0.1, 0.15) is 12.1 Å². The number of nitrogens with zero attached hydrogens (tertiary/aromatic N) is 2. The fraction of sp³-hybridized carbons (Fsp3) is 0.667. The number of alkyl halides is 1. The Kier molecular flexibility index (Phi) is 3.78. The molecular formula is C9H13BrN2OS.